The van der Waals surface area contributed by atoms with E-state index in [0.29, 0.717) is 6.04 Å². The molecule has 2 heteroatoms. The highest BCUT2D eigenvalue weighted by molar-refractivity contribution is 5.95. The van der Waals surface area contributed by atoms with Crippen molar-refractivity contribution in [3.8, 4) is 0 Å². The quantitative estimate of drug-likeness (QED) is 0.649. The maximum atomic E-state index is 4.49. The second-order valence-corrected chi connectivity index (χ2v) is 2.94. The third-order valence-corrected chi connectivity index (χ3v) is 1.95. The zero-order valence-electron chi connectivity index (χ0n) is 7.52. The van der Waals surface area contributed by atoms with Crippen molar-refractivity contribution in [2.24, 2.45) is 4.99 Å². The lowest BCUT2D eigenvalue weighted by molar-refractivity contribution is 0.710. The summed E-state index contributed by atoms with van der Waals surface area (Å²) in [6, 6.07) is 0.447. The highest BCUT2D eigenvalue weighted by atomic mass is 14.9. The van der Waals surface area contributed by atoms with Crippen molar-refractivity contribution in [1.29, 1.82) is 0 Å². The number of aliphatic imine (C=N–C) groups is 1. The summed E-state index contributed by atoms with van der Waals surface area (Å²) in [7, 11) is 1.97. The molecule has 62 valence electrons. The number of likely N-dealkylation sites (N-methyl/N-ethyl adjacent to an activating group) is 1. The van der Waals surface area contributed by atoms with Crippen molar-refractivity contribution in [2.45, 2.75) is 26.3 Å². The number of nitrogens with zero attached hydrogens (tertiary/aromatic N) is 1. The second-order valence-electron chi connectivity index (χ2n) is 2.94. The summed E-state index contributed by atoms with van der Waals surface area (Å²) in [6.07, 6.45) is 3.30. The van der Waals surface area contributed by atoms with Crippen LogP contribution in [0.2, 0.25) is 0 Å². The molecule has 1 aliphatic heterocycles. The van der Waals surface area contributed by atoms with Gasteiger partial charge >= 0.3 is 0 Å². The summed E-state index contributed by atoms with van der Waals surface area (Å²) in [6.45, 7) is 5.21. The lowest BCUT2D eigenvalue weighted by Crippen LogP contribution is -2.16. The van der Waals surface area contributed by atoms with E-state index in [2.05, 4.69) is 30.2 Å². The lowest BCUT2D eigenvalue weighted by Gasteiger charge is -2.08. The molecule has 0 saturated heterocycles. The first-order valence-electron chi connectivity index (χ1n) is 4.17. The molecule has 0 fully saturated rings. The van der Waals surface area contributed by atoms with Crippen LogP contribution >= 0.6 is 0 Å². The zero-order valence-corrected chi connectivity index (χ0v) is 7.52. The van der Waals surface area contributed by atoms with Crippen molar-refractivity contribution in [2.75, 3.05) is 13.6 Å². The number of hydrogen-bond donors (Lipinski definition) is 1. The maximum absolute atomic E-state index is 4.49. The van der Waals surface area contributed by atoms with Crippen LogP contribution in [0.1, 0.15) is 20.3 Å². The molecule has 0 bridgehead atoms. The van der Waals surface area contributed by atoms with E-state index in [1.54, 1.807) is 0 Å². The van der Waals surface area contributed by atoms with Crippen molar-refractivity contribution >= 4 is 5.71 Å². The third-order valence-electron chi connectivity index (χ3n) is 1.95. The zero-order chi connectivity index (χ0) is 8.27. The summed E-state index contributed by atoms with van der Waals surface area (Å²) in [5, 5.41) is 3.15. The monoisotopic (exact) mass is 152 g/mol. The third kappa shape index (κ3) is 1.90. The van der Waals surface area contributed by atoms with Crippen molar-refractivity contribution in [3.63, 3.8) is 0 Å². The molecule has 1 heterocycles. The minimum absolute atomic E-state index is 0.447. The van der Waals surface area contributed by atoms with Crippen molar-refractivity contribution in [3.05, 3.63) is 11.6 Å². The highest BCUT2D eigenvalue weighted by Crippen LogP contribution is 2.16. The van der Waals surface area contributed by atoms with E-state index < -0.39 is 0 Å². The van der Waals surface area contributed by atoms with Gasteiger partial charge in [-0.2, -0.15) is 0 Å². The van der Waals surface area contributed by atoms with Crippen LogP contribution in [0, 0.1) is 0 Å². The van der Waals surface area contributed by atoms with Gasteiger partial charge in [0.25, 0.3) is 0 Å². The van der Waals surface area contributed by atoms with E-state index in [0.717, 1.165) is 13.0 Å². The first kappa shape index (κ1) is 8.47. The molecule has 0 aromatic heterocycles. The Bertz CT molecular complexity index is 192. The molecule has 0 amide bonds. The van der Waals surface area contributed by atoms with E-state index in [1.807, 2.05) is 7.05 Å². The summed E-state index contributed by atoms with van der Waals surface area (Å²) >= 11 is 0. The Hall–Kier alpha value is -0.630. The summed E-state index contributed by atoms with van der Waals surface area (Å²) in [5.41, 5.74) is 2.59. The van der Waals surface area contributed by atoms with Gasteiger partial charge in [0.1, 0.15) is 0 Å². The standard InChI is InChI=1S/C9H16N2/c1-4-9-8(6-10-3)5-7(2)11-9/h5,9-10H,4,6H2,1-3H3. The molecule has 0 radical (unpaired) electrons. The Morgan fingerprint density at radius 2 is 2.36 bits per heavy atom. The Morgan fingerprint density at radius 3 is 2.91 bits per heavy atom. The Balaban J connectivity index is 2.60. The highest BCUT2D eigenvalue weighted by Gasteiger charge is 2.15. The number of nitrogens with one attached hydrogen (secondary N) is 1. The lowest BCUT2D eigenvalue weighted by atomic mass is 10.1. The van der Waals surface area contributed by atoms with Crippen LogP contribution in [0.5, 0.6) is 0 Å². The molecule has 1 N–H and O–H groups in total. The smallest absolute Gasteiger partial charge is 0.0725 e. The number of hydrogen-bond acceptors (Lipinski definition) is 2. The Morgan fingerprint density at radius 1 is 1.64 bits per heavy atom. The molecule has 1 aliphatic rings. The fourth-order valence-electron chi connectivity index (χ4n) is 1.46. The molecule has 2 nitrogen and oxygen atoms in total. The fraction of sp³-hybridized carbons (Fsp3) is 0.667. The predicted molar refractivity (Wildman–Crippen MR) is 49.2 cm³/mol. The normalized spacial score (nSPS) is 23.4. The van der Waals surface area contributed by atoms with Gasteiger partial charge in [-0.1, -0.05) is 6.92 Å². The van der Waals surface area contributed by atoms with Gasteiger partial charge in [0.05, 0.1) is 6.04 Å². The van der Waals surface area contributed by atoms with E-state index in [4.69, 9.17) is 0 Å². The van der Waals surface area contributed by atoms with E-state index in [1.165, 1.54) is 11.3 Å². The van der Waals surface area contributed by atoms with Gasteiger partial charge in [-0.25, -0.2) is 0 Å². The summed E-state index contributed by atoms with van der Waals surface area (Å²) in [4.78, 5) is 4.49. The van der Waals surface area contributed by atoms with Gasteiger partial charge in [0, 0.05) is 12.3 Å². The van der Waals surface area contributed by atoms with E-state index in [9.17, 15) is 0 Å². The van der Waals surface area contributed by atoms with Gasteiger partial charge < -0.3 is 5.32 Å². The minimum Gasteiger partial charge on any atom is -0.316 e. The van der Waals surface area contributed by atoms with Crippen molar-refractivity contribution < 1.29 is 0 Å². The molecule has 1 atom stereocenters. The van der Waals surface area contributed by atoms with Gasteiger partial charge in [0.2, 0.25) is 0 Å². The van der Waals surface area contributed by atoms with Gasteiger partial charge in [-0.05, 0) is 32.0 Å². The summed E-state index contributed by atoms with van der Waals surface area (Å²) < 4.78 is 0. The molecule has 0 spiro atoms. The van der Waals surface area contributed by atoms with Crippen LogP contribution in [0.4, 0.5) is 0 Å². The average Bonchev–Trinajstić information content (AvgIpc) is 2.32. The van der Waals surface area contributed by atoms with Gasteiger partial charge in [-0.15, -0.1) is 0 Å². The summed E-state index contributed by atoms with van der Waals surface area (Å²) in [5.74, 6) is 0. The van der Waals surface area contributed by atoms with Crippen LogP contribution in [0.3, 0.4) is 0 Å². The first-order chi connectivity index (χ1) is 5.27. The van der Waals surface area contributed by atoms with E-state index >= 15 is 0 Å². The molecule has 11 heavy (non-hydrogen) atoms. The minimum atomic E-state index is 0.447. The molecule has 0 saturated carbocycles. The van der Waals surface area contributed by atoms with Crippen LogP contribution in [0.25, 0.3) is 0 Å². The molecule has 0 aromatic rings. The number of rotatable bonds is 3. The molecule has 0 aromatic carbocycles. The van der Waals surface area contributed by atoms with Crippen LogP contribution in [0.15, 0.2) is 16.6 Å². The SMILES string of the molecule is CCC1N=C(C)C=C1CNC. The first-order valence-corrected chi connectivity index (χ1v) is 4.17. The molecule has 0 aliphatic carbocycles. The Labute approximate surface area is 68.4 Å². The molecular formula is C9H16N2. The van der Waals surface area contributed by atoms with Crippen LogP contribution < -0.4 is 5.32 Å². The second kappa shape index (κ2) is 3.67. The Kier molecular flexibility index (Phi) is 2.83. The maximum Gasteiger partial charge on any atom is 0.0725 e. The molecule has 1 rings (SSSR count). The fourth-order valence-corrected chi connectivity index (χ4v) is 1.46. The van der Waals surface area contributed by atoms with Crippen molar-refractivity contribution in [1.82, 2.24) is 5.32 Å². The predicted octanol–water partition coefficient (Wildman–Crippen LogP) is 1.39. The van der Waals surface area contributed by atoms with Gasteiger partial charge in [0.15, 0.2) is 0 Å². The molecule has 1 unspecified atom stereocenters. The topological polar surface area (TPSA) is 24.4 Å². The van der Waals surface area contributed by atoms with Crippen LogP contribution in [-0.4, -0.2) is 25.3 Å². The average molecular weight is 152 g/mol. The number of allylic oxidation sites excluding steroid dienone is 1. The van der Waals surface area contributed by atoms with Gasteiger partial charge in [-0.3, -0.25) is 4.99 Å². The largest absolute Gasteiger partial charge is 0.316 e. The van der Waals surface area contributed by atoms with E-state index in [-0.39, 0.29) is 0 Å². The molecular weight excluding hydrogens is 136 g/mol. The van der Waals surface area contributed by atoms with Crippen LogP contribution in [-0.2, 0) is 0 Å².